The Morgan fingerprint density at radius 3 is 2.48 bits per heavy atom. The molecule has 0 aliphatic rings. The van der Waals surface area contributed by atoms with Gasteiger partial charge in [0.05, 0.1) is 7.11 Å². The molecule has 6 heteroatoms. The number of hydrogen-bond acceptors (Lipinski definition) is 4. The number of benzene rings is 3. The molecule has 1 N–H and O–H groups in total. The molecule has 3 aromatic rings. The number of methoxy groups -OCH3 is 1. The van der Waals surface area contributed by atoms with Crippen LogP contribution in [0.1, 0.15) is 16.7 Å². The van der Waals surface area contributed by atoms with Crippen LogP contribution in [0.2, 0.25) is 0 Å². The Kier molecular flexibility index (Phi) is 7.39. The van der Waals surface area contributed by atoms with Gasteiger partial charge in [-0.15, -0.1) is 0 Å². The average Bonchev–Trinajstić information content (AvgIpc) is 2.81. The Morgan fingerprint density at radius 2 is 1.77 bits per heavy atom. The fraction of sp³-hybridized carbons (Fsp3) is 0.120. The molecule has 0 aliphatic heterocycles. The summed E-state index contributed by atoms with van der Waals surface area (Å²) in [5, 5.41) is 12.2. The molecule has 0 fully saturated rings. The maximum absolute atomic E-state index is 13.8. The highest BCUT2D eigenvalue weighted by Gasteiger charge is 2.11. The summed E-state index contributed by atoms with van der Waals surface area (Å²) < 4.78 is 24.7. The Bertz CT molecular complexity index is 1120. The van der Waals surface area contributed by atoms with Crippen LogP contribution >= 0.6 is 0 Å². The van der Waals surface area contributed by atoms with E-state index in [2.05, 4.69) is 5.32 Å². The lowest BCUT2D eigenvalue weighted by molar-refractivity contribution is -0.117. The second-order valence-electron chi connectivity index (χ2n) is 6.62. The van der Waals surface area contributed by atoms with Gasteiger partial charge in [-0.25, -0.2) is 4.39 Å². The van der Waals surface area contributed by atoms with Crippen LogP contribution < -0.4 is 14.8 Å². The number of carbonyl (C=O) groups is 1. The van der Waals surface area contributed by atoms with Gasteiger partial charge in [0.25, 0.3) is 5.91 Å². The molecule has 156 valence electrons. The summed E-state index contributed by atoms with van der Waals surface area (Å²) in [7, 11) is 1.58. The van der Waals surface area contributed by atoms with Gasteiger partial charge in [0.15, 0.2) is 0 Å². The fourth-order valence-corrected chi connectivity index (χ4v) is 2.83. The van der Waals surface area contributed by atoms with Crippen LogP contribution in [-0.4, -0.2) is 13.0 Å². The third-order valence-electron chi connectivity index (χ3n) is 4.54. The van der Waals surface area contributed by atoms with E-state index in [-0.39, 0.29) is 24.5 Å². The maximum atomic E-state index is 13.8. The zero-order valence-corrected chi connectivity index (χ0v) is 17.0. The molecule has 3 rings (SSSR count). The molecule has 5 nitrogen and oxygen atoms in total. The summed E-state index contributed by atoms with van der Waals surface area (Å²) in [6, 6.07) is 22.5. The van der Waals surface area contributed by atoms with Gasteiger partial charge in [-0.2, -0.15) is 5.26 Å². The monoisotopic (exact) mass is 416 g/mol. The fourth-order valence-electron chi connectivity index (χ4n) is 2.83. The summed E-state index contributed by atoms with van der Waals surface area (Å²) in [5.41, 5.74) is 1.78. The Hall–Kier alpha value is -4.11. The summed E-state index contributed by atoms with van der Waals surface area (Å²) >= 11 is 0. The number of para-hydroxylation sites is 1. The Morgan fingerprint density at radius 1 is 1.06 bits per heavy atom. The summed E-state index contributed by atoms with van der Waals surface area (Å²) in [5.74, 6) is 0.314. The van der Waals surface area contributed by atoms with E-state index in [1.165, 1.54) is 12.1 Å². The zero-order chi connectivity index (χ0) is 22.1. The molecule has 31 heavy (non-hydrogen) atoms. The van der Waals surface area contributed by atoms with Crippen LogP contribution in [0, 0.1) is 17.1 Å². The largest absolute Gasteiger partial charge is 0.497 e. The van der Waals surface area contributed by atoms with E-state index in [1.807, 2.05) is 18.2 Å². The van der Waals surface area contributed by atoms with Gasteiger partial charge in [0, 0.05) is 17.7 Å². The van der Waals surface area contributed by atoms with Crippen LogP contribution in [-0.2, 0) is 17.9 Å². The third-order valence-corrected chi connectivity index (χ3v) is 4.54. The number of amides is 1. The first-order valence-electron chi connectivity index (χ1n) is 9.59. The lowest BCUT2D eigenvalue weighted by Crippen LogP contribution is -2.23. The van der Waals surface area contributed by atoms with Gasteiger partial charge >= 0.3 is 0 Å². The molecule has 0 saturated heterocycles. The van der Waals surface area contributed by atoms with E-state index >= 15 is 0 Å². The van der Waals surface area contributed by atoms with Crippen LogP contribution in [0.15, 0.2) is 78.4 Å². The van der Waals surface area contributed by atoms with E-state index in [1.54, 1.807) is 61.7 Å². The predicted octanol–water partition coefficient (Wildman–Crippen LogP) is 4.64. The minimum Gasteiger partial charge on any atom is -0.497 e. The van der Waals surface area contributed by atoms with Crippen LogP contribution in [0.5, 0.6) is 11.5 Å². The molecule has 0 heterocycles. The van der Waals surface area contributed by atoms with Crippen molar-refractivity contribution in [3.05, 3.63) is 101 Å². The highest BCUT2D eigenvalue weighted by Crippen LogP contribution is 2.23. The third kappa shape index (κ3) is 5.94. The Balaban J connectivity index is 1.70. The van der Waals surface area contributed by atoms with Gasteiger partial charge in [0.2, 0.25) is 0 Å². The molecule has 0 atom stereocenters. The molecule has 0 radical (unpaired) electrons. The molecule has 0 aromatic heterocycles. The minimum atomic E-state index is -0.498. The first-order chi connectivity index (χ1) is 15.1. The molecule has 0 saturated carbocycles. The van der Waals surface area contributed by atoms with Crippen molar-refractivity contribution >= 4 is 12.0 Å². The molecule has 0 bridgehead atoms. The zero-order valence-electron chi connectivity index (χ0n) is 17.0. The number of hydrogen-bond donors (Lipinski definition) is 1. The molecular weight excluding hydrogens is 395 g/mol. The van der Waals surface area contributed by atoms with Crippen LogP contribution in [0.25, 0.3) is 6.08 Å². The molecular formula is C25H21FN2O3. The number of nitriles is 1. The number of nitrogens with zero attached hydrogens (tertiary/aromatic N) is 1. The van der Waals surface area contributed by atoms with Crippen LogP contribution in [0.4, 0.5) is 4.39 Å². The standard InChI is InChI=1S/C25H21FN2O3/c1-30-22-12-10-18(11-13-22)16-28-25(29)21(15-27)14-19-6-3-5-9-24(19)31-17-20-7-2-4-8-23(20)26/h2-14H,16-17H2,1H3,(H,28,29)/b21-14-. The summed E-state index contributed by atoms with van der Waals surface area (Å²) in [4.78, 5) is 12.5. The highest BCUT2D eigenvalue weighted by atomic mass is 19.1. The SMILES string of the molecule is COc1ccc(CNC(=O)/C(C#N)=C\c2ccccc2OCc2ccccc2F)cc1. The smallest absolute Gasteiger partial charge is 0.262 e. The topological polar surface area (TPSA) is 71.3 Å². The van der Waals surface area contributed by atoms with Crippen molar-refractivity contribution in [3.63, 3.8) is 0 Å². The van der Waals surface area contributed by atoms with E-state index in [0.29, 0.717) is 16.9 Å². The number of nitrogens with one attached hydrogen (secondary N) is 1. The van der Waals surface area contributed by atoms with Crippen molar-refractivity contribution in [3.8, 4) is 17.6 Å². The Labute approximate surface area is 180 Å². The number of ether oxygens (including phenoxy) is 2. The van der Waals surface area contributed by atoms with E-state index in [4.69, 9.17) is 9.47 Å². The lowest BCUT2D eigenvalue weighted by Gasteiger charge is -2.10. The molecule has 0 aliphatic carbocycles. The normalized spacial score (nSPS) is 10.8. The van der Waals surface area contributed by atoms with Gasteiger partial charge in [-0.05, 0) is 35.9 Å². The average molecular weight is 416 g/mol. The molecule has 1 amide bonds. The van der Waals surface area contributed by atoms with Crippen molar-refractivity contribution in [1.29, 1.82) is 5.26 Å². The quantitative estimate of drug-likeness (QED) is 0.429. The highest BCUT2D eigenvalue weighted by molar-refractivity contribution is 6.01. The van der Waals surface area contributed by atoms with Gasteiger partial charge in [-0.1, -0.05) is 48.5 Å². The van der Waals surface area contributed by atoms with Crippen LogP contribution in [0.3, 0.4) is 0 Å². The van der Waals surface area contributed by atoms with Crippen molar-refractivity contribution < 1.29 is 18.7 Å². The number of rotatable bonds is 8. The van der Waals surface area contributed by atoms with Crippen molar-refractivity contribution in [2.45, 2.75) is 13.2 Å². The van der Waals surface area contributed by atoms with Gasteiger partial charge in [0.1, 0.15) is 35.6 Å². The summed E-state index contributed by atoms with van der Waals surface area (Å²) in [6.07, 6.45) is 1.46. The van der Waals surface area contributed by atoms with Gasteiger partial charge in [-0.3, -0.25) is 4.79 Å². The van der Waals surface area contributed by atoms with E-state index in [9.17, 15) is 14.4 Å². The second kappa shape index (κ2) is 10.6. The van der Waals surface area contributed by atoms with Gasteiger partial charge < -0.3 is 14.8 Å². The minimum absolute atomic E-state index is 0.0308. The summed E-state index contributed by atoms with van der Waals surface area (Å²) in [6.45, 7) is 0.302. The first-order valence-corrected chi connectivity index (χ1v) is 9.59. The second-order valence-corrected chi connectivity index (χ2v) is 6.62. The number of halogens is 1. The number of carbonyl (C=O) groups excluding carboxylic acids is 1. The first kappa shape index (κ1) is 21.6. The predicted molar refractivity (Wildman–Crippen MR) is 116 cm³/mol. The maximum Gasteiger partial charge on any atom is 0.262 e. The molecule has 0 unspecified atom stereocenters. The lowest BCUT2D eigenvalue weighted by atomic mass is 10.1. The van der Waals surface area contributed by atoms with Crippen molar-refractivity contribution in [2.24, 2.45) is 0 Å². The van der Waals surface area contributed by atoms with E-state index < -0.39 is 5.91 Å². The van der Waals surface area contributed by atoms with E-state index in [0.717, 1.165) is 11.3 Å². The molecule has 3 aromatic carbocycles. The van der Waals surface area contributed by atoms with Crippen molar-refractivity contribution in [2.75, 3.05) is 7.11 Å². The molecule has 0 spiro atoms. The van der Waals surface area contributed by atoms with Crippen molar-refractivity contribution in [1.82, 2.24) is 5.32 Å².